The fraction of sp³-hybridized carbons (Fsp3) is 0.831. The van der Waals surface area contributed by atoms with E-state index in [1.165, 1.54) is 257 Å². The van der Waals surface area contributed by atoms with Gasteiger partial charge in [0.2, 0.25) is 0 Å². The highest BCUT2D eigenvalue weighted by atomic mass is 16.7. The number of quaternary nitrogens is 1. The van der Waals surface area contributed by atoms with Crippen LogP contribution in [0, 0.1) is 0 Å². The molecule has 9 heteroatoms. The van der Waals surface area contributed by atoms with Crippen LogP contribution in [0.3, 0.4) is 0 Å². The molecule has 0 aliphatic rings. The normalized spacial score (nSPS) is 13.0. The van der Waals surface area contributed by atoms with Crippen LogP contribution in [-0.4, -0.2) is 87.4 Å². The van der Waals surface area contributed by atoms with Crippen molar-refractivity contribution in [1.82, 2.24) is 0 Å². The summed E-state index contributed by atoms with van der Waals surface area (Å²) in [7, 11) is 5.99. The number of rotatable bonds is 69. The Morgan fingerprint density at radius 2 is 0.663 bits per heavy atom. The topological polar surface area (TPSA) is 108 Å². The highest BCUT2D eigenvalue weighted by Gasteiger charge is 2.25. The molecule has 0 aromatic carbocycles. The summed E-state index contributed by atoms with van der Waals surface area (Å²) in [5, 5.41) is 9.76. The number of hydrogen-bond donors (Lipinski definition) is 1. The predicted octanol–water partition coefficient (Wildman–Crippen LogP) is 23.1. The van der Waals surface area contributed by atoms with Gasteiger partial charge in [-0.15, -0.1) is 0 Å². The summed E-state index contributed by atoms with van der Waals surface area (Å²) in [6.45, 7) is 4.82. The number of carboxylic acids is 1. The summed E-state index contributed by atoms with van der Waals surface area (Å²) in [6, 6.07) is 0. The zero-order valence-electron chi connectivity index (χ0n) is 57.5. The maximum atomic E-state index is 13.0. The smallest absolute Gasteiger partial charge is 0.361 e. The highest BCUT2D eigenvalue weighted by Crippen LogP contribution is 2.19. The molecule has 9 nitrogen and oxygen atoms in total. The quantitative estimate of drug-likeness (QED) is 0.0211. The first-order valence-electron chi connectivity index (χ1n) is 37.0. The first-order chi connectivity index (χ1) is 42.1. The molecule has 0 saturated heterocycles. The number of carbonyl (C=O) groups is 3. The number of aliphatic carboxylic acids is 1. The van der Waals surface area contributed by atoms with Gasteiger partial charge in [-0.2, -0.15) is 0 Å². The van der Waals surface area contributed by atoms with Crippen molar-refractivity contribution in [2.75, 3.05) is 47.5 Å². The molecule has 2 unspecified atom stereocenters. The average molecular weight is 1210 g/mol. The van der Waals surface area contributed by atoms with Crippen LogP contribution >= 0.6 is 0 Å². The Labute approximate surface area is 533 Å². The van der Waals surface area contributed by atoms with Gasteiger partial charge in [-0.3, -0.25) is 9.59 Å². The molecule has 0 bridgehead atoms. The molecule has 0 aromatic heterocycles. The molecule has 0 aliphatic carbocycles. The standard InChI is InChI=1S/C77H141NO8/c1-6-8-10-12-14-16-18-20-22-24-26-28-30-32-34-36-37-38-40-41-43-45-47-49-51-53-55-57-59-61-63-65-67-74(79)84-71-73(72-85-77(76(81)82)83-70-69-78(3,4)5)86-75(80)68-66-64-62-60-58-56-54-52-50-48-46-44-42-39-35-33-31-29-27-25-23-21-19-17-15-13-11-9-7-2/h9,11,15,17,21,23,27,29,33,35,73,77H,6-8,10,12-14,16,18-20,22,24-26,28,30-32,34,36-72H2,1-5H3/p+1/b11-9-,17-15-,23-21-,29-27-,35-33-. The molecule has 86 heavy (non-hydrogen) atoms. The Morgan fingerprint density at radius 3 is 0.988 bits per heavy atom. The van der Waals surface area contributed by atoms with Crippen molar-refractivity contribution in [1.29, 1.82) is 0 Å². The molecular formula is C77H142NO8+. The van der Waals surface area contributed by atoms with Crippen LogP contribution in [0.4, 0.5) is 0 Å². The molecule has 0 amide bonds. The number of carbonyl (C=O) groups excluding carboxylic acids is 2. The Morgan fingerprint density at radius 1 is 0.360 bits per heavy atom. The molecule has 502 valence electrons. The van der Waals surface area contributed by atoms with Crippen LogP contribution in [-0.2, 0) is 33.3 Å². The van der Waals surface area contributed by atoms with Crippen molar-refractivity contribution < 1.29 is 42.9 Å². The van der Waals surface area contributed by atoms with Crippen molar-refractivity contribution in [3.8, 4) is 0 Å². The number of esters is 2. The molecule has 0 aliphatic heterocycles. The molecule has 0 saturated carbocycles. The minimum absolute atomic E-state index is 0.179. The molecule has 0 radical (unpaired) electrons. The van der Waals surface area contributed by atoms with Gasteiger partial charge in [-0.05, 0) is 57.8 Å². The van der Waals surface area contributed by atoms with Gasteiger partial charge in [-0.25, -0.2) is 4.79 Å². The predicted molar refractivity (Wildman–Crippen MR) is 369 cm³/mol. The van der Waals surface area contributed by atoms with E-state index in [2.05, 4.69) is 74.6 Å². The number of likely N-dealkylation sites (N-methyl/N-ethyl adjacent to an activating group) is 1. The van der Waals surface area contributed by atoms with E-state index in [4.69, 9.17) is 18.9 Å². The summed E-state index contributed by atoms with van der Waals surface area (Å²) in [5.41, 5.74) is 0. The number of nitrogens with zero attached hydrogens (tertiary/aromatic N) is 1. The van der Waals surface area contributed by atoms with Gasteiger partial charge < -0.3 is 28.5 Å². The van der Waals surface area contributed by atoms with E-state index in [1.807, 2.05) is 21.1 Å². The lowest BCUT2D eigenvalue weighted by atomic mass is 10.0. The first kappa shape index (κ1) is 83.0. The summed E-state index contributed by atoms with van der Waals surface area (Å²) in [5.74, 6) is -1.98. The molecule has 2 atom stereocenters. The lowest BCUT2D eigenvalue weighted by Crippen LogP contribution is -2.40. The van der Waals surface area contributed by atoms with Gasteiger partial charge in [-0.1, -0.05) is 344 Å². The maximum Gasteiger partial charge on any atom is 0.361 e. The summed E-state index contributed by atoms with van der Waals surface area (Å²) < 4.78 is 23.0. The number of hydrogen-bond acceptors (Lipinski definition) is 7. The van der Waals surface area contributed by atoms with E-state index >= 15 is 0 Å². The Bertz CT molecular complexity index is 1600. The van der Waals surface area contributed by atoms with Gasteiger partial charge >= 0.3 is 17.9 Å². The third-order valence-electron chi connectivity index (χ3n) is 16.5. The van der Waals surface area contributed by atoms with Crippen LogP contribution in [0.15, 0.2) is 60.8 Å². The molecular weight excluding hydrogens is 1070 g/mol. The maximum absolute atomic E-state index is 13.0. The second-order valence-corrected chi connectivity index (χ2v) is 26.2. The first-order valence-corrected chi connectivity index (χ1v) is 37.0. The summed E-state index contributed by atoms with van der Waals surface area (Å²) in [4.78, 5) is 37.7. The SMILES string of the molecule is CC/C=C\C/C=C\C/C=C\C/C=C\C/C=C\CCCCCCCCCCCCCCCC(=O)OC(COC(=O)CCCCCCCCCCCCCCCCCCCCCCCCCCCCCCCCCC)COC(OCC[N+](C)(C)C)C(=O)O. The minimum atomic E-state index is -1.51. The molecule has 0 aromatic rings. The Kier molecular flexibility index (Phi) is 65.5. The Hall–Kier alpha value is -3.01. The van der Waals surface area contributed by atoms with E-state index in [1.54, 1.807) is 0 Å². The van der Waals surface area contributed by atoms with E-state index in [-0.39, 0.29) is 32.2 Å². The number of allylic oxidation sites excluding steroid dienone is 10. The van der Waals surface area contributed by atoms with Gasteiger partial charge in [0, 0.05) is 12.8 Å². The lowest BCUT2D eigenvalue weighted by molar-refractivity contribution is -0.870. The molecule has 0 heterocycles. The highest BCUT2D eigenvalue weighted by molar-refractivity contribution is 5.71. The monoisotopic (exact) mass is 1210 g/mol. The zero-order valence-corrected chi connectivity index (χ0v) is 57.5. The molecule has 0 spiro atoms. The molecule has 0 rings (SSSR count). The number of carboxylic acid groups (broad SMARTS) is 1. The van der Waals surface area contributed by atoms with Gasteiger partial charge in [0.05, 0.1) is 34.4 Å². The zero-order chi connectivity index (χ0) is 62.6. The lowest BCUT2D eigenvalue weighted by Gasteiger charge is -2.25. The number of ether oxygens (including phenoxy) is 4. The van der Waals surface area contributed by atoms with Gasteiger partial charge in [0.1, 0.15) is 13.2 Å². The van der Waals surface area contributed by atoms with Crippen molar-refractivity contribution in [3.63, 3.8) is 0 Å². The summed E-state index contributed by atoms with van der Waals surface area (Å²) in [6.07, 6.45) is 86.4. The Balaban J connectivity index is 4.04. The van der Waals surface area contributed by atoms with Crippen molar-refractivity contribution in [2.45, 2.75) is 367 Å². The van der Waals surface area contributed by atoms with Gasteiger partial charge in [0.25, 0.3) is 6.29 Å². The van der Waals surface area contributed by atoms with Crippen LogP contribution in [0.5, 0.6) is 0 Å². The van der Waals surface area contributed by atoms with Crippen LogP contribution in [0.1, 0.15) is 354 Å². The second-order valence-electron chi connectivity index (χ2n) is 26.2. The van der Waals surface area contributed by atoms with E-state index in [0.717, 1.165) is 70.6 Å². The van der Waals surface area contributed by atoms with E-state index < -0.39 is 24.3 Å². The minimum Gasteiger partial charge on any atom is -0.477 e. The van der Waals surface area contributed by atoms with Crippen molar-refractivity contribution in [2.24, 2.45) is 0 Å². The summed E-state index contributed by atoms with van der Waals surface area (Å²) >= 11 is 0. The van der Waals surface area contributed by atoms with Crippen LogP contribution < -0.4 is 0 Å². The number of unbranched alkanes of at least 4 members (excludes halogenated alkanes) is 44. The van der Waals surface area contributed by atoms with E-state index in [0.29, 0.717) is 17.4 Å². The molecule has 0 fully saturated rings. The third kappa shape index (κ3) is 68.5. The van der Waals surface area contributed by atoms with Crippen LogP contribution in [0.2, 0.25) is 0 Å². The fourth-order valence-corrected chi connectivity index (χ4v) is 10.9. The van der Waals surface area contributed by atoms with Gasteiger partial charge in [0.15, 0.2) is 6.10 Å². The van der Waals surface area contributed by atoms with Crippen molar-refractivity contribution >= 4 is 17.9 Å². The van der Waals surface area contributed by atoms with Crippen molar-refractivity contribution in [3.05, 3.63) is 60.8 Å². The van der Waals surface area contributed by atoms with Crippen LogP contribution in [0.25, 0.3) is 0 Å². The average Bonchev–Trinajstić information content (AvgIpc) is 3.64. The molecule has 1 N–H and O–H groups in total. The third-order valence-corrected chi connectivity index (χ3v) is 16.5. The fourth-order valence-electron chi connectivity index (χ4n) is 10.9. The largest absolute Gasteiger partial charge is 0.477 e. The van der Waals surface area contributed by atoms with E-state index in [9.17, 15) is 19.5 Å². The second kappa shape index (κ2) is 67.9.